The van der Waals surface area contributed by atoms with Crippen LogP contribution in [0.25, 0.3) is 10.9 Å². The molecule has 0 bridgehead atoms. The van der Waals surface area contributed by atoms with Crippen molar-refractivity contribution in [3.63, 3.8) is 0 Å². The molecule has 1 aliphatic carbocycles. The quantitative estimate of drug-likeness (QED) is 0.674. The Bertz CT molecular complexity index is 983. The number of aryl methyl sites for hydroxylation is 1. The van der Waals surface area contributed by atoms with Crippen LogP contribution in [-0.2, 0) is 17.6 Å². The lowest BCUT2D eigenvalue weighted by Gasteiger charge is -2.22. The van der Waals surface area contributed by atoms with Crippen LogP contribution in [0.3, 0.4) is 0 Å². The molecule has 25 heavy (non-hydrogen) atoms. The Hall–Kier alpha value is -2.40. The molecular formula is C19H15ClF2N2O. The van der Waals surface area contributed by atoms with E-state index in [2.05, 4.69) is 10.3 Å². The molecule has 0 saturated heterocycles. The van der Waals surface area contributed by atoms with Gasteiger partial charge in [-0.1, -0.05) is 11.6 Å². The highest BCUT2D eigenvalue weighted by molar-refractivity contribution is 6.31. The van der Waals surface area contributed by atoms with Crippen molar-refractivity contribution in [1.29, 1.82) is 0 Å². The van der Waals surface area contributed by atoms with Crippen molar-refractivity contribution in [2.24, 2.45) is 5.92 Å². The van der Waals surface area contributed by atoms with Gasteiger partial charge in [-0.05, 0) is 61.2 Å². The number of nitrogens with one attached hydrogen (secondary N) is 2. The molecule has 0 saturated carbocycles. The fourth-order valence-corrected chi connectivity index (χ4v) is 3.61. The van der Waals surface area contributed by atoms with Gasteiger partial charge in [0.1, 0.15) is 11.6 Å². The van der Waals surface area contributed by atoms with Crippen LogP contribution in [0.1, 0.15) is 17.7 Å². The Kier molecular flexibility index (Phi) is 3.96. The second kappa shape index (κ2) is 6.15. The number of anilines is 1. The molecule has 1 unspecified atom stereocenters. The topological polar surface area (TPSA) is 44.9 Å². The summed E-state index contributed by atoms with van der Waals surface area (Å²) in [6, 6.07) is 8.74. The first kappa shape index (κ1) is 16.1. The lowest BCUT2D eigenvalue weighted by atomic mass is 9.85. The SMILES string of the molecule is O=C(Nc1ccc(F)c(Cl)c1)C1CCc2[nH]c3ccc(F)cc3c2C1. The number of hydrogen-bond acceptors (Lipinski definition) is 1. The van der Waals surface area contributed by atoms with Crippen LogP contribution in [0, 0.1) is 17.6 Å². The van der Waals surface area contributed by atoms with Crippen molar-refractivity contribution in [3.8, 4) is 0 Å². The number of rotatable bonds is 2. The van der Waals surface area contributed by atoms with Crippen LogP contribution in [-0.4, -0.2) is 10.9 Å². The third kappa shape index (κ3) is 3.00. The number of halogens is 3. The van der Waals surface area contributed by atoms with Crippen molar-refractivity contribution in [2.45, 2.75) is 19.3 Å². The Morgan fingerprint density at radius 1 is 1.20 bits per heavy atom. The summed E-state index contributed by atoms with van der Waals surface area (Å²) < 4.78 is 26.8. The van der Waals surface area contributed by atoms with Crippen LogP contribution in [0.15, 0.2) is 36.4 Å². The van der Waals surface area contributed by atoms with Crippen LogP contribution in [0.4, 0.5) is 14.5 Å². The lowest BCUT2D eigenvalue weighted by molar-refractivity contribution is -0.120. The molecular weight excluding hydrogens is 346 g/mol. The number of aromatic amines is 1. The predicted molar refractivity (Wildman–Crippen MR) is 93.8 cm³/mol. The standard InChI is InChI=1S/C19H15ClF2N2O/c20-15-9-12(3-4-16(15)22)23-19(25)10-1-5-17-13(7-10)14-8-11(21)2-6-18(14)24-17/h2-4,6,8-10,24H,1,5,7H2,(H,23,25). The normalized spacial score (nSPS) is 16.7. The molecule has 128 valence electrons. The van der Waals surface area contributed by atoms with Crippen molar-refractivity contribution in [2.75, 3.05) is 5.32 Å². The van der Waals surface area contributed by atoms with E-state index in [0.29, 0.717) is 18.5 Å². The average molecular weight is 361 g/mol. The molecule has 2 N–H and O–H groups in total. The van der Waals surface area contributed by atoms with Crippen LogP contribution >= 0.6 is 11.6 Å². The summed E-state index contributed by atoms with van der Waals surface area (Å²) in [4.78, 5) is 15.9. The zero-order chi connectivity index (χ0) is 17.6. The zero-order valence-corrected chi connectivity index (χ0v) is 14.0. The van der Waals surface area contributed by atoms with Gasteiger partial charge in [0.2, 0.25) is 5.91 Å². The van der Waals surface area contributed by atoms with Gasteiger partial charge in [0.05, 0.1) is 5.02 Å². The van der Waals surface area contributed by atoms with Crippen LogP contribution in [0.2, 0.25) is 5.02 Å². The summed E-state index contributed by atoms with van der Waals surface area (Å²) in [7, 11) is 0. The maximum absolute atomic E-state index is 13.6. The molecule has 1 amide bonds. The van der Waals surface area contributed by atoms with E-state index in [4.69, 9.17) is 11.6 Å². The zero-order valence-electron chi connectivity index (χ0n) is 13.2. The van der Waals surface area contributed by atoms with E-state index in [-0.39, 0.29) is 22.7 Å². The lowest BCUT2D eigenvalue weighted by Crippen LogP contribution is -2.28. The van der Waals surface area contributed by atoms with Gasteiger partial charge in [0, 0.05) is 28.2 Å². The summed E-state index contributed by atoms with van der Waals surface area (Å²) in [6.07, 6.45) is 1.97. The first-order valence-corrected chi connectivity index (χ1v) is 8.44. The number of carbonyl (C=O) groups is 1. The van der Waals surface area contributed by atoms with E-state index in [9.17, 15) is 13.6 Å². The Morgan fingerprint density at radius 2 is 2.04 bits per heavy atom. The molecule has 1 heterocycles. The Morgan fingerprint density at radius 3 is 2.84 bits per heavy atom. The summed E-state index contributed by atoms with van der Waals surface area (Å²) in [5, 5.41) is 3.59. The van der Waals surface area contributed by atoms with Crippen LogP contribution in [0.5, 0.6) is 0 Å². The fourth-order valence-electron chi connectivity index (χ4n) is 3.43. The number of fused-ring (bicyclic) bond motifs is 3. The van der Waals surface area contributed by atoms with Gasteiger partial charge >= 0.3 is 0 Å². The molecule has 0 fully saturated rings. The maximum atomic E-state index is 13.6. The second-order valence-electron chi connectivity index (χ2n) is 6.33. The third-order valence-corrected chi connectivity index (χ3v) is 5.00. The number of aromatic nitrogens is 1. The largest absolute Gasteiger partial charge is 0.358 e. The van der Waals surface area contributed by atoms with Crippen molar-refractivity contribution >= 4 is 34.1 Å². The highest BCUT2D eigenvalue weighted by Gasteiger charge is 2.27. The third-order valence-electron chi connectivity index (χ3n) is 4.71. The minimum atomic E-state index is -0.525. The Labute approximate surface area is 148 Å². The first-order valence-electron chi connectivity index (χ1n) is 8.06. The average Bonchev–Trinajstić information content (AvgIpc) is 2.95. The first-order chi connectivity index (χ1) is 12.0. The molecule has 1 atom stereocenters. The number of carbonyl (C=O) groups excluding carboxylic acids is 1. The van der Waals surface area contributed by atoms with Gasteiger partial charge in [0.25, 0.3) is 0 Å². The Balaban J connectivity index is 1.57. The molecule has 1 aliphatic rings. The minimum absolute atomic E-state index is 0.0316. The molecule has 2 aromatic carbocycles. The number of H-pyrrole nitrogens is 1. The maximum Gasteiger partial charge on any atom is 0.227 e. The van der Waals surface area contributed by atoms with E-state index in [1.807, 2.05) is 0 Å². The van der Waals surface area contributed by atoms with Gasteiger partial charge in [-0.15, -0.1) is 0 Å². The molecule has 3 aromatic rings. The number of amides is 1. The van der Waals surface area contributed by atoms with E-state index < -0.39 is 5.82 Å². The highest BCUT2D eigenvalue weighted by atomic mass is 35.5. The highest BCUT2D eigenvalue weighted by Crippen LogP contribution is 2.33. The smallest absolute Gasteiger partial charge is 0.227 e. The molecule has 6 heteroatoms. The summed E-state index contributed by atoms with van der Waals surface area (Å²) in [6.45, 7) is 0. The van der Waals surface area contributed by atoms with E-state index in [1.54, 1.807) is 6.07 Å². The van der Waals surface area contributed by atoms with Gasteiger partial charge in [-0.2, -0.15) is 0 Å². The van der Waals surface area contributed by atoms with Crippen molar-refractivity contribution in [1.82, 2.24) is 4.98 Å². The molecule has 0 radical (unpaired) electrons. The number of hydrogen-bond donors (Lipinski definition) is 2. The van der Waals surface area contributed by atoms with Gasteiger partial charge < -0.3 is 10.3 Å². The predicted octanol–water partition coefficient (Wildman–Crippen LogP) is 4.84. The van der Waals surface area contributed by atoms with E-state index >= 15 is 0 Å². The molecule has 3 nitrogen and oxygen atoms in total. The minimum Gasteiger partial charge on any atom is -0.358 e. The van der Waals surface area contributed by atoms with Crippen LogP contribution < -0.4 is 5.32 Å². The molecule has 0 spiro atoms. The van der Waals surface area contributed by atoms with Crippen molar-refractivity contribution < 1.29 is 13.6 Å². The fraction of sp³-hybridized carbons (Fsp3) is 0.211. The van der Waals surface area contributed by atoms with E-state index in [1.165, 1.54) is 30.3 Å². The molecule has 1 aromatic heterocycles. The molecule has 0 aliphatic heterocycles. The monoisotopic (exact) mass is 360 g/mol. The van der Waals surface area contributed by atoms with Gasteiger partial charge in [0.15, 0.2) is 0 Å². The summed E-state index contributed by atoms with van der Waals surface area (Å²) >= 11 is 5.75. The number of benzene rings is 2. The van der Waals surface area contributed by atoms with E-state index in [0.717, 1.165) is 28.6 Å². The summed E-state index contributed by atoms with van der Waals surface area (Å²) in [5.74, 6) is -1.18. The molecule has 4 rings (SSSR count). The second-order valence-corrected chi connectivity index (χ2v) is 6.74. The summed E-state index contributed by atoms with van der Waals surface area (Å²) in [5.41, 5.74) is 3.41. The van der Waals surface area contributed by atoms with Crippen molar-refractivity contribution in [3.05, 3.63) is 64.3 Å². The van der Waals surface area contributed by atoms with Gasteiger partial charge in [-0.25, -0.2) is 8.78 Å². The van der Waals surface area contributed by atoms with Gasteiger partial charge in [-0.3, -0.25) is 4.79 Å².